The molecule has 0 saturated carbocycles. The number of nitrogens with one attached hydrogen (secondary N) is 2. The molecule has 0 aliphatic carbocycles. The molecule has 4 rings (SSSR count). The number of ether oxygens (including phenoxy) is 1. The second kappa shape index (κ2) is 11.4. The molecule has 11 nitrogen and oxygen atoms in total. The first-order chi connectivity index (χ1) is 18.0. The van der Waals surface area contributed by atoms with Gasteiger partial charge in [0, 0.05) is 48.3 Å². The Hall–Kier alpha value is -3.70. The highest BCUT2D eigenvalue weighted by Crippen LogP contribution is 2.35. The van der Waals surface area contributed by atoms with Crippen molar-refractivity contribution in [2.45, 2.75) is 39.3 Å². The molecule has 0 spiro atoms. The van der Waals surface area contributed by atoms with Crippen molar-refractivity contribution in [1.82, 2.24) is 19.9 Å². The van der Waals surface area contributed by atoms with Crippen LogP contribution < -0.4 is 10.6 Å². The van der Waals surface area contributed by atoms with Gasteiger partial charge in [-0.25, -0.2) is 19.7 Å². The number of nitro groups is 1. The number of carbonyl (C=O) groups excluding carboxylic acids is 1. The second-order valence-electron chi connectivity index (χ2n) is 9.61. The van der Waals surface area contributed by atoms with Crippen molar-refractivity contribution in [1.29, 1.82) is 0 Å². The van der Waals surface area contributed by atoms with Crippen molar-refractivity contribution < 1.29 is 14.5 Å². The lowest BCUT2D eigenvalue weighted by molar-refractivity contribution is -0.385. The zero-order chi connectivity index (χ0) is 27.4. The number of anilines is 2. The first-order valence-corrected chi connectivity index (χ1v) is 12.7. The van der Waals surface area contributed by atoms with Gasteiger partial charge in [-0.3, -0.25) is 10.1 Å². The van der Waals surface area contributed by atoms with Gasteiger partial charge in [-0.15, -0.1) is 0 Å². The van der Waals surface area contributed by atoms with Crippen molar-refractivity contribution in [3.05, 3.63) is 67.9 Å². The van der Waals surface area contributed by atoms with Gasteiger partial charge in [-0.1, -0.05) is 23.2 Å². The van der Waals surface area contributed by atoms with Gasteiger partial charge in [0.15, 0.2) is 0 Å². The highest BCUT2D eigenvalue weighted by molar-refractivity contribution is 6.36. The number of benzene rings is 1. The van der Waals surface area contributed by atoms with E-state index in [-0.39, 0.29) is 12.2 Å². The van der Waals surface area contributed by atoms with E-state index in [2.05, 4.69) is 15.6 Å². The molecule has 0 fully saturated rings. The predicted octanol–water partition coefficient (Wildman–Crippen LogP) is 5.57. The highest BCUT2D eigenvalue weighted by atomic mass is 35.5. The van der Waals surface area contributed by atoms with Gasteiger partial charge in [0.2, 0.25) is 5.95 Å². The number of halogens is 2. The lowest BCUT2D eigenvalue weighted by atomic mass is 9.99. The average molecular weight is 560 g/mol. The number of hydrogen-bond donors (Lipinski definition) is 2. The van der Waals surface area contributed by atoms with E-state index in [9.17, 15) is 14.9 Å². The first kappa shape index (κ1) is 27.3. The molecule has 0 radical (unpaired) electrons. The van der Waals surface area contributed by atoms with Gasteiger partial charge in [0.05, 0.1) is 27.9 Å². The molecule has 0 atom stereocenters. The van der Waals surface area contributed by atoms with E-state index in [0.717, 1.165) is 11.3 Å². The quantitative estimate of drug-likeness (QED) is 0.216. The number of fused-ring (bicyclic) bond motifs is 1. The third kappa shape index (κ3) is 6.78. The number of carbonyl (C=O) groups is 1. The monoisotopic (exact) mass is 559 g/mol. The molecule has 3 aromatic rings. The number of nitrogens with zero attached hydrogens (tertiary/aromatic N) is 5. The molecule has 1 aliphatic rings. The molecule has 1 amide bonds. The summed E-state index contributed by atoms with van der Waals surface area (Å²) < 4.78 is 5.57. The summed E-state index contributed by atoms with van der Waals surface area (Å²) in [5, 5.41) is 18.0. The summed E-state index contributed by atoms with van der Waals surface area (Å²) in [6.45, 7) is 7.15. The molecule has 38 heavy (non-hydrogen) atoms. The topological polar surface area (TPSA) is 135 Å². The smallest absolute Gasteiger partial charge is 0.410 e. The van der Waals surface area contributed by atoms with Gasteiger partial charge in [-0.05, 0) is 45.0 Å². The predicted molar refractivity (Wildman–Crippen MR) is 146 cm³/mol. The van der Waals surface area contributed by atoms with E-state index >= 15 is 0 Å². The van der Waals surface area contributed by atoms with Crippen LogP contribution in [0.25, 0.3) is 11.3 Å². The third-order valence-corrected chi connectivity index (χ3v) is 6.12. The minimum atomic E-state index is -0.609. The molecule has 2 N–H and O–H groups in total. The summed E-state index contributed by atoms with van der Waals surface area (Å²) >= 11 is 12.7. The standard InChI is InChI=1S/C25H27Cl2N7O4/c1-25(2,3)38-24(35)33-11-8-20-18(14-33)22(17-6-4-15(26)12-19(17)27)32-23(31-20)29-10-9-28-21-7-5-16(13-30-21)34(36)37/h4-7,12-13H,8-11,14H2,1-3H3,(H,28,30)(H,29,31,32). The summed E-state index contributed by atoms with van der Waals surface area (Å²) in [6.07, 6.45) is 1.32. The van der Waals surface area contributed by atoms with Crippen LogP contribution in [-0.2, 0) is 17.7 Å². The number of rotatable bonds is 7. The minimum Gasteiger partial charge on any atom is -0.444 e. The largest absolute Gasteiger partial charge is 0.444 e. The molecule has 3 heterocycles. The molecule has 1 aromatic carbocycles. The Morgan fingerprint density at radius 2 is 1.92 bits per heavy atom. The Balaban J connectivity index is 1.53. The van der Waals surface area contributed by atoms with E-state index in [1.165, 1.54) is 12.3 Å². The lowest BCUT2D eigenvalue weighted by Crippen LogP contribution is -2.40. The number of amides is 1. The molecule has 13 heteroatoms. The van der Waals surface area contributed by atoms with Crippen molar-refractivity contribution in [3.63, 3.8) is 0 Å². The van der Waals surface area contributed by atoms with Crippen LogP contribution in [0.5, 0.6) is 0 Å². The molecule has 200 valence electrons. The van der Waals surface area contributed by atoms with Crippen LogP contribution in [-0.4, -0.2) is 56.1 Å². The molecule has 1 aliphatic heterocycles. The molecule has 0 bridgehead atoms. The summed E-state index contributed by atoms with van der Waals surface area (Å²) in [6, 6.07) is 8.11. The Bertz CT molecular complexity index is 1350. The molecule has 2 aromatic heterocycles. The zero-order valence-electron chi connectivity index (χ0n) is 21.1. The van der Waals surface area contributed by atoms with Crippen molar-refractivity contribution in [3.8, 4) is 11.3 Å². The van der Waals surface area contributed by atoms with E-state index < -0.39 is 16.6 Å². The van der Waals surface area contributed by atoms with Crippen LogP contribution in [0, 0.1) is 10.1 Å². The summed E-state index contributed by atoms with van der Waals surface area (Å²) in [5.41, 5.74) is 2.21. The van der Waals surface area contributed by atoms with E-state index in [4.69, 9.17) is 37.9 Å². The third-order valence-electron chi connectivity index (χ3n) is 5.57. The summed E-state index contributed by atoms with van der Waals surface area (Å²) in [4.78, 5) is 38.2. The molecular weight excluding hydrogens is 533 g/mol. The Morgan fingerprint density at radius 1 is 1.16 bits per heavy atom. The number of aromatic nitrogens is 3. The highest BCUT2D eigenvalue weighted by Gasteiger charge is 2.29. The minimum absolute atomic E-state index is 0.0743. The maximum atomic E-state index is 12.8. The first-order valence-electron chi connectivity index (χ1n) is 11.9. The van der Waals surface area contributed by atoms with Crippen LogP contribution in [0.1, 0.15) is 32.0 Å². The lowest BCUT2D eigenvalue weighted by Gasteiger charge is -2.31. The van der Waals surface area contributed by atoms with Gasteiger partial charge in [0.1, 0.15) is 17.6 Å². The Morgan fingerprint density at radius 3 is 2.58 bits per heavy atom. The number of pyridine rings is 1. The van der Waals surface area contributed by atoms with Crippen molar-refractivity contribution in [2.24, 2.45) is 0 Å². The van der Waals surface area contributed by atoms with E-state index in [0.29, 0.717) is 59.1 Å². The normalized spacial score (nSPS) is 13.0. The van der Waals surface area contributed by atoms with Crippen LogP contribution in [0.3, 0.4) is 0 Å². The average Bonchev–Trinajstić information content (AvgIpc) is 2.85. The maximum Gasteiger partial charge on any atom is 0.410 e. The second-order valence-corrected chi connectivity index (χ2v) is 10.5. The SMILES string of the molecule is CC(C)(C)OC(=O)N1CCc2nc(NCCNc3ccc([N+](=O)[O-])cn3)nc(-c3ccc(Cl)cc3Cl)c2C1. The van der Waals surface area contributed by atoms with Gasteiger partial charge in [0.25, 0.3) is 5.69 Å². The maximum absolute atomic E-state index is 12.8. The van der Waals surface area contributed by atoms with Crippen molar-refractivity contribution in [2.75, 3.05) is 30.3 Å². The fourth-order valence-corrected chi connectivity index (χ4v) is 4.34. The van der Waals surface area contributed by atoms with Gasteiger partial charge < -0.3 is 20.3 Å². The van der Waals surface area contributed by atoms with Crippen LogP contribution in [0.4, 0.5) is 22.2 Å². The molecular formula is C25H27Cl2N7O4. The Labute approximate surface area is 229 Å². The van der Waals surface area contributed by atoms with E-state index in [1.807, 2.05) is 20.8 Å². The molecule has 0 unspecified atom stereocenters. The van der Waals surface area contributed by atoms with Gasteiger partial charge in [-0.2, -0.15) is 0 Å². The fraction of sp³-hybridized carbons (Fsp3) is 0.360. The van der Waals surface area contributed by atoms with Crippen LogP contribution in [0.15, 0.2) is 36.5 Å². The fourth-order valence-electron chi connectivity index (χ4n) is 3.84. The zero-order valence-corrected chi connectivity index (χ0v) is 22.6. The summed E-state index contributed by atoms with van der Waals surface area (Å²) in [7, 11) is 0. The van der Waals surface area contributed by atoms with E-state index in [1.54, 1.807) is 29.2 Å². The van der Waals surface area contributed by atoms with Gasteiger partial charge >= 0.3 is 6.09 Å². The van der Waals surface area contributed by atoms with Crippen LogP contribution in [0.2, 0.25) is 10.0 Å². The summed E-state index contributed by atoms with van der Waals surface area (Å²) in [5.74, 6) is 0.925. The Kier molecular flexibility index (Phi) is 8.17. The number of hydrogen-bond acceptors (Lipinski definition) is 9. The molecule has 0 saturated heterocycles. The van der Waals surface area contributed by atoms with Crippen molar-refractivity contribution >= 4 is 46.7 Å². The van der Waals surface area contributed by atoms with Crippen LogP contribution >= 0.6 is 23.2 Å².